The number of hydrogen-bond donors (Lipinski definition) is 3. The van der Waals surface area contributed by atoms with Crippen molar-refractivity contribution in [1.82, 2.24) is 5.32 Å². The van der Waals surface area contributed by atoms with Crippen LogP contribution in [0.4, 0.5) is 5.69 Å². The number of amides is 1. The molecule has 0 aliphatic heterocycles. The van der Waals surface area contributed by atoms with Crippen molar-refractivity contribution in [2.45, 2.75) is 26.4 Å². The molecule has 1 atom stereocenters. The van der Waals surface area contributed by atoms with Crippen molar-refractivity contribution >= 4 is 22.9 Å². The van der Waals surface area contributed by atoms with Crippen LogP contribution in [-0.2, 0) is 10.4 Å². The maximum Gasteiger partial charge on any atom is 0.239 e. The van der Waals surface area contributed by atoms with E-state index in [0.29, 0.717) is 0 Å². The van der Waals surface area contributed by atoms with Crippen LogP contribution in [0.5, 0.6) is 0 Å². The molecule has 0 bridgehead atoms. The summed E-state index contributed by atoms with van der Waals surface area (Å²) in [6.07, 6.45) is 0. The molecule has 0 saturated heterocycles. The van der Waals surface area contributed by atoms with E-state index in [4.69, 9.17) is 0 Å². The van der Waals surface area contributed by atoms with Gasteiger partial charge in [-0.15, -0.1) is 11.3 Å². The SMILES string of the molecule is Cc1cccc(C)c1NCC(=O)NC[C@@](C)(O)c1cccs1. The van der Waals surface area contributed by atoms with Crippen LogP contribution in [0.25, 0.3) is 0 Å². The second kappa shape index (κ2) is 6.94. The van der Waals surface area contributed by atoms with E-state index in [2.05, 4.69) is 10.6 Å². The fourth-order valence-corrected chi connectivity index (χ4v) is 3.05. The largest absolute Gasteiger partial charge is 0.383 e. The van der Waals surface area contributed by atoms with Crippen LogP contribution in [0.3, 0.4) is 0 Å². The van der Waals surface area contributed by atoms with Crippen LogP contribution in [0.1, 0.15) is 22.9 Å². The predicted molar refractivity (Wildman–Crippen MR) is 91.3 cm³/mol. The normalized spacial score (nSPS) is 13.5. The summed E-state index contributed by atoms with van der Waals surface area (Å²) in [7, 11) is 0. The lowest BCUT2D eigenvalue weighted by atomic mass is 10.1. The smallest absolute Gasteiger partial charge is 0.239 e. The number of hydrogen-bond acceptors (Lipinski definition) is 4. The number of aryl methyl sites for hydroxylation is 2. The number of nitrogens with one attached hydrogen (secondary N) is 2. The van der Waals surface area contributed by atoms with Crippen LogP contribution in [-0.4, -0.2) is 24.1 Å². The molecule has 1 aromatic heterocycles. The van der Waals surface area contributed by atoms with Gasteiger partial charge in [0.05, 0.1) is 13.1 Å². The number of carbonyl (C=O) groups is 1. The zero-order chi connectivity index (χ0) is 16.2. The second-order valence-corrected chi connectivity index (χ2v) is 6.60. The highest BCUT2D eigenvalue weighted by Gasteiger charge is 2.24. The molecule has 0 saturated carbocycles. The number of carbonyl (C=O) groups excluding carboxylic acids is 1. The van der Waals surface area contributed by atoms with Crippen molar-refractivity contribution in [2.24, 2.45) is 0 Å². The van der Waals surface area contributed by atoms with Crippen LogP contribution >= 0.6 is 11.3 Å². The molecule has 1 aromatic carbocycles. The summed E-state index contributed by atoms with van der Waals surface area (Å²) in [6, 6.07) is 9.77. The molecule has 1 amide bonds. The predicted octanol–water partition coefficient (Wildman–Crippen LogP) is 2.80. The highest BCUT2D eigenvalue weighted by molar-refractivity contribution is 7.10. The average molecular weight is 318 g/mol. The molecule has 0 aliphatic rings. The zero-order valence-corrected chi connectivity index (χ0v) is 14.0. The molecular formula is C17H22N2O2S. The molecule has 0 fully saturated rings. The molecule has 0 aliphatic carbocycles. The van der Waals surface area contributed by atoms with Crippen molar-refractivity contribution in [2.75, 3.05) is 18.4 Å². The summed E-state index contributed by atoms with van der Waals surface area (Å²) in [5.41, 5.74) is 2.17. The molecule has 5 heteroatoms. The third-order valence-corrected chi connectivity index (χ3v) is 4.71. The van der Waals surface area contributed by atoms with Gasteiger partial charge in [0, 0.05) is 10.6 Å². The molecule has 0 unspecified atom stereocenters. The van der Waals surface area contributed by atoms with Crippen LogP contribution < -0.4 is 10.6 Å². The number of benzene rings is 1. The van der Waals surface area contributed by atoms with E-state index in [9.17, 15) is 9.90 Å². The van der Waals surface area contributed by atoms with Crippen molar-refractivity contribution in [1.29, 1.82) is 0 Å². The summed E-state index contributed by atoms with van der Waals surface area (Å²) in [5, 5.41) is 18.2. The number of rotatable bonds is 6. The van der Waals surface area contributed by atoms with Gasteiger partial charge in [-0.3, -0.25) is 4.79 Å². The lowest BCUT2D eigenvalue weighted by Gasteiger charge is -2.22. The van der Waals surface area contributed by atoms with Gasteiger partial charge >= 0.3 is 0 Å². The van der Waals surface area contributed by atoms with Crippen molar-refractivity contribution in [3.63, 3.8) is 0 Å². The highest BCUT2D eigenvalue weighted by Crippen LogP contribution is 2.24. The minimum atomic E-state index is -1.04. The first-order valence-electron chi connectivity index (χ1n) is 7.23. The first-order valence-corrected chi connectivity index (χ1v) is 8.11. The minimum absolute atomic E-state index is 0.139. The van der Waals surface area contributed by atoms with E-state index in [1.54, 1.807) is 6.92 Å². The third-order valence-electron chi connectivity index (χ3n) is 3.59. The number of para-hydroxylation sites is 1. The number of thiophene rings is 1. The standard InChI is InChI=1S/C17H22N2O2S/c1-12-6-4-7-13(2)16(12)18-10-15(20)19-11-17(3,21)14-8-5-9-22-14/h4-9,18,21H,10-11H2,1-3H3,(H,19,20)/t17-/m1/s1. The Morgan fingerprint density at radius 3 is 2.50 bits per heavy atom. The van der Waals surface area contributed by atoms with Gasteiger partial charge in [0.1, 0.15) is 5.60 Å². The molecule has 4 nitrogen and oxygen atoms in total. The lowest BCUT2D eigenvalue weighted by Crippen LogP contribution is -2.40. The first-order chi connectivity index (χ1) is 10.4. The van der Waals surface area contributed by atoms with Crippen LogP contribution in [0.2, 0.25) is 0 Å². The number of aliphatic hydroxyl groups is 1. The molecule has 118 valence electrons. The summed E-state index contributed by atoms with van der Waals surface area (Å²) in [4.78, 5) is 12.8. The quantitative estimate of drug-likeness (QED) is 0.767. The monoisotopic (exact) mass is 318 g/mol. The van der Waals surface area contributed by atoms with Gasteiger partial charge < -0.3 is 15.7 Å². The zero-order valence-electron chi connectivity index (χ0n) is 13.1. The van der Waals surface area contributed by atoms with Gasteiger partial charge in [-0.05, 0) is 43.3 Å². The number of anilines is 1. The van der Waals surface area contributed by atoms with Gasteiger partial charge in [0.15, 0.2) is 0 Å². The van der Waals surface area contributed by atoms with E-state index in [-0.39, 0.29) is 19.0 Å². The topological polar surface area (TPSA) is 61.4 Å². The fourth-order valence-electron chi connectivity index (χ4n) is 2.27. The molecule has 1 heterocycles. The maximum atomic E-state index is 12.0. The van der Waals surface area contributed by atoms with Crippen LogP contribution in [0, 0.1) is 13.8 Å². The molecule has 2 aromatic rings. The van der Waals surface area contributed by atoms with E-state index in [1.165, 1.54) is 11.3 Å². The van der Waals surface area contributed by atoms with E-state index < -0.39 is 5.60 Å². The Labute approximate surface area is 135 Å². The van der Waals surface area contributed by atoms with Crippen LogP contribution in [0.15, 0.2) is 35.7 Å². The van der Waals surface area contributed by atoms with Crippen molar-refractivity contribution < 1.29 is 9.90 Å². The van der Waals surface area contributed by atoms with Gasteiger partial charge in [0.2, 0.25) is 5.91 Å². The Hall–Kier alpha value is -1.85. The summed E-state index contributed by atoms with van der Waals surface area (Å²) in [6.45, 7) is 6.11. The summed E-state index contributed by atoms with van der Waals surface area (Å²) < 4.78 is 0. The van der Waals surface area contributed by atoms with Crippen molar-refractivity contribution in [3.05, 3.63) is 51.7 Å². The summed E-state index contributed by atoms with van der Waals surface area (Å²) >= 11 is 1.48. The molecule has 2 rings (SSSR count). The molecule has 0 spiro atoms. The minimum Gasteiger partial charge on any atom is -0.383 e. The second-order valence-electron chi connectivity index (χ2n) is 5.65. The fraction of sp³-hybridized carbons (Fsp3) is 0.353. The average Bonchev–Trinajstić information content (AvgIpc) is 3.00. The van der Waals surface area contributed by atoms with E-state index in [0.717, 1.165) is 21.7 Å². The van der Waals surface area contributed by atoms with Gasteiger partial charge in [0.25, 0.3) is 0 Å². The molecule has 22 heavy (non-hydrogen) atoms. The van der Waals surface area contributed by atoms with Crippen molar-refractivity contribution in [3.8, 4) is 0 Å². The van der Waals surface area contributed by atoms with Gasteiger partial charge in [-0.25, -0.2) is 0 Å². The maximum absolute atomic E-state index is 12.0. The van der Waals surface area contributed by atoms with E-state index in [1.807, 2.05) is 49.6 Å². The Bertz CT molecular complexity index is 616. The van der Waals surface area contributed by atoms with E-state index >= 15 is 0 Å². The Morgan fingerprint density at radius 1 is 1.23 bits per heavy atom. The van der Waals surface area contributed by atoms with Gasteiger partial charge in [-0.2, -0.15) is 0 Å². The summed E-state index contributed by atoms with van der Waals surface area (Å²) in [5.74, 6) is -0.139. The first kappa shape index (κ1) is 16.5. The van der Waals surface area contributed by atoms with Gasteiger partial charge in [-0.1, -0.05) is 24.3 Å². The Morgan fingerprint density at radius 2 is 1.91 bits per heavy atom. The third kappa shape index (κ3) is 4.08. The molecular weight excluding hydrogens is 296 g/mol. The molecule has 0 radical (unpaired) electrons. The highest BCUT2D eigenvalue weighted by atomic mass is 32.1. The lowest BCUT2D eigenvalue weighted by molar-refractivity contribution is -0.120. The Kier molecular flexibility index (Phi) is 5.21. The molecule has 3 N–H and O–H groups in total. The Balaban J connectivity index is 1.86.